The molecule has 5 nitrogen and oxygen atoms in total. The molecule has 0 fully saturated rings. The van der Waals surface area contributed by atoms with Crippen molar-refractivity contribution < 1.29 is 9.52 Å². The molecule has 8 aromatic carbocycles. The molecule has 3 aromatic heterocycles. The van der Waals surface area contributed by atoms with E-state index in [0.29, 0.717) is 11.4 Å². The maximum atomic E-state index is 12.7. The molecule has 0 amide bonds. The van der Waals surface area contributed by atoms with Gasteiger partial charge >= 0.3 is 0 Å². The summed E-state index contributed by atoms with van der Waals surface area (Å²) in [5.41, 5.74) is 15.7. The first-order valence-electron chi connectivity index (χ1n) is 25.3. The topological polar surface area (TPSA) is 64.1 Å². The molecule has 1 N–H and O–H groups in total. The van der Waals surface area contributed by atoms with Crippen molar-refractivity contribution in [2.75, 3.05) is 0 Å². The Morgan fingerprint density at radius 3 is 1.79 bits per heavy atom. The largest absolute Gasteiger partial charge is 0.507 e. The lowest BCUT2D eigenvalue weighted by molar-refractivity contribution is 0.446. The zero-order valence-electron chi connectivity index (χ0n) is 43.4. The SMILES string of the molecule is CC(C)(C)c1ccc(-n2c(-c3cc(C(C)(C)C)cc(C(C)(C)C)c3O)nc3c(-c4cc(-c5cc6c(cn5)oc5cc7ccccc7cc56)cc(C(C)(C)c5ccccc5)c4)cccc32)c(-c2ccccc2)c1. The molecule has 0 bridgehead atoms. The fraction of sp³-hybridized carbons (Fsp3) is 0.224. The monoisotopic (exact) mass is 941 g/mol. The predicted molar refractivity (Wildman–Crippen MR) is 302 cm³/mol. The smallest absolute Gasteiger partial charge is 0.153 e. The number of benzene rings is 8. The van der Waals surface area contributed by atoms with E-state index in [4.69, 9.17) is 14.4 Å². The Morgan fingerprint density at radius 2 is 1.10 bits per heavy atom. The molecule has 0 aliphatic rings. The molecule has 11 rings (SSSR count). The van der Waals surface area contributed by atoms with Crippen molar-refractivity contribution in [2.45, 2.75) is 97.8 Å². The number of aromatic hydroxyl groups is 1. The van der Waals surface area contributed by atoms with Gasteiger partial charge < -0.3 is 9.52 Å². The molecule has 0 aliphatic carbocycles. The molecule has 0 unspecified atom stereocenters. The maximum absolute atomic E-state index is 12.7. The first-order valence-corrected chi connectivity index (χ1v) is 25.3. The summed E-state index contributed by atoms with van der Waals surface area (Å²) in [6.45, 7) is 24.6. The van der Waals surface area contributed by atoms with Crippen LogP contribution in [0.1, 0.15) is 104 Å². The Bertz CT molecular complexity index is 3890. The van der Waals surface area contributed by atoms with Crippen LogP contribution in [-0.4, -0.2) is 19.6 Å². The van der Waals surface area contributed by atoms with Crippen LogP contribution in [0.5, 0.6) is 5.75 Å². The van der Waals surface area contributed by atoms with E-state index in [0.717, 1.165) is 94.2 Å². The van der Waals surface area contributed by atoms with E-state index in [1.165, 1.54) is 16.5 Å². The molecule has 3 heterocycles. The highest BCUT2D eigenvalue weighted by molar-refractivity contribution is 6.10. The van der Waals surface area contributed by atoms with Gasteiger partial charge in [-0.05, 0) is 115 Å². The number of hydrogen-bond acceptors (Lipinski definition) is 4. The molecule has 0 saturated carbocycles. The van der Waals surface area contributed by atoms with Gasteiger partial charge in [-0.2, -0.15) is 0 Å². The summed E-state index contributed by atoms with van der Waals surface area (Å²) in [7, 11) is 0. The third-order valence-electron chi connectivity index (χ3n) is 14.9. The van der Waals surface area contributed by atoms with Crippen molar-refractivity contribution in [3.63, 3.8) is 0 Å². The van der Waals surface area contributed by atoms with Crippen LogP contribution in [-0.2, 0) is 21.7 Å². The molecular formula is C67H63N3O2. The molecule has 0 atom stereocenters. The van der Waals surface area contributed by atoms with E-state index in [2.05, 4.69) is 251 Å². The highest BCUT2D eigenvalue weighted by Crippen LogP contribution is 2.47. The van der Waals surface area contributed by atoms with Crippen LogP contribution in [0.4, 0.5) is 0 Å². The fourth-order valence-electron chi connectivity index (χ4n) is 10.5. The maximum Gasteiger partial charge on any atom is 0.153 e. The fourth-order valence-corrected chi connectivity index (χ4v) is 10.5. The van der Waals surface area contributed by atoms with Gasteiger partial charge in [-0.15, -0.1) is 0 Å². The van der Waals surface area contributed by atoms with Crippen LogP contribution in [0.3, 0.4) is 0 Å². The van der Waals surface area contributed by atoms with Crippen LogP contribution < -0.4 is 0 Å². The molecule has 72 heavy (non-hydrogen) atoms. The number of pyridine rings is 1. The minimum Gasteiger partial charge on any atom is -0.507 e. The standard InChI is InChI=1S/C67H63N3O2/c1-64(2,3)47-29-30-57(51(36-47)41-21-14-12-15-22-41)70-58-28-20-27-50(61(58)69-63(70)54-37-48(65(4,5)6)38-55(62(54)71)66(7,8)9)44-31-45(33-49(32-44)67(10,11)46-25-16-13-17-26-46)56-39-53-52-34-42-23-18-19-24-43(42)35-59(52)72-60(53)40-68-56/h12-40,71H,1-11H3. The van der Waals surface area contributed by atoms with Crippen LogP contribution >= 0.6 is 0 Å². The number of phenolic OH excluding ortho intramolecular Hbond substituents is 1. The van der Waals surface area contributed by atoms with Gasteiger partial charge in [-0.3, -0.25) is 9.55 Å². The van der Waals surface area contributed by atoms with Crippen molar-refractivity contribution in [3.8, 4) is 56.3 Å². The van der Waals surface area contributed by atoms with E-state index in [1.54, 1.807) is 0 Å². The molecule has 0 aliphatic heterocycles. The number of rotatable bonds is 7. The van der Waals surface area contributed by atoms with Gasteiger partial charge in [0.05, 0.1) is 34.2 Å². The van der Waals surface area contributed by atoms with E-state index < -0.39 is 0 Å². The van der Waals surface area contributed by atoms with Gasteiger partial charge in [0.15, 0.2) is 5.58 Å². The molecule has 5 heteroatoms. The first kappa shape index (κ1) is 46.6. The summed E-state index contributed by atoms with van der Waals surface area (Å²) in [5, 5.41) is 17.1. The summed E-state index contributed by atoms with van der Waals surface area (Å²) in [6.07, 6.45) is 1.87. The van der Waals surface area contributed by atoms with Crippen molar-refractivity contribution >= 4 is 43.7 Å². The van der Waals surface area contributed by atoms with E-state index in [1.807, 2.05) is 6.20 Å². The Labute approximate surface area is 423 Å². The second kappa shape index (κ2) is 16.9. The second-order valence-corrected chi connectivity index (χ2v) is 23.4. The van der Waals surface area contributed by atoms with Crippen molar-refractivity contribution in [1.82, 2.24) is 14.5 Å². The third-order valence-corrected chi connectivity index (χ3v) is 14.9. The van der Waals surface area contributed by atoms with Gasteiger partial charge in [-0.1, -0.05) is 191 Å². The van der Waals surface area contributed by atoms with Gasteiger partial charge in [0.1, 0.15) is 17.2 Å². The lowest BCUT2D eigenvalue weighted by atomic mass is 9.76. The van der Waals surface area contributed by atoms with Crippen molar-refractivity contribution in [1.29, 1.82) is 0 Å². The number of aromatic nitrogens is 3. The summed E-state index contributed by atoms with van der Waals surface area (Å²) in [4.78, 5) is 10.9. The number of fused-ring (bicyclic) bond motifs is 5. The second-order valence-electron chi connectivity index (χ2n) is 23.4. The normalized spacial score (nSPS) is 12.7. The summed E-state index contributed by atoms with van der Waals surface area (Å²) >= 11 is 0. The summed E-state index contributed by atoms with van der Waals surface area (Å²) in [6, 6.07) is 61.0. The van der Waals surface area contributed by atoms with E-state index >= 15 is 0 Å². The average molecular weight is 942 g/mol. The quantitative estimate of drug-likeness (QED) is 0.173. The molecule has 0 radical (unpaired) electrons. The van der Waals surface area contributed by atoms with E-state index in [-0.39, 0.29) is 27.4 Å². The van der Waals surface area contributed by atoms with Crippen LogP contribution in [0.15, 0.2) is 180 Å². The number of hydrogen-bond donors (Lipinski definition) is 1. The number of furan rings is 1. The Balaban J connectivity index is 1.21. The minimum absolute atomic E-state index is 0.0925. The van der Waals surface area contributed by atoms with Crippen molar-refractivity contribution in [2.24, 2.45) is 0 Å². The minimum atomic E-state index is -0.377. The number of imidazole rings is 1. The van der Waals surface area contributed by atoms with Crippen LogP contribution in [0.2, 0.25) is 0 Å². The molecule has 358 valence electrons. The number of para-hydroxylation sites is 1. The summed E-state index contributed by atoms with van der Waals surface area (Å²) in [5.74, 6) is 0.927. The van der Waals surface area contributed by atoms with E-state index in [9.17, 15) is 5.11 Å². The van der Waals surface area contributed by atoms with Crippen LogP contribution in [0, 0.1) is 0 Å². The highest BCUT2D eigenvalue weighted by atomic mass is 16.3. The molecule has 11 aromatic rings. The lowest BCUT2D eigenvalue weighted by Gasteiger charge is -2.28. The zero-order chi connectivity index (χ0) is 50.5. The van der Waals surface area contributed by atoms with Gasteiger partial charge in [-0.25, -0.2) is 4.98 Å². The Kier molecular flexibility index (Phi) is 11.0. The van der Waals surface area contributed by atoms with Crippen LogP contribution in [0.25, 0.3) is 94.3 Å². The molecule has 0 spiro atoms. The Hall–Kier alpha value is -7.76. The first-order chi connectivity index (χ1) is 34.2. The number of nitrogens with zero attached hydrogens (tertiary/aromatic N) is 3. The van der Waals surface area contributed by atoms with Crippen molar-refractivity contribution in [3.05, 3.63) is 204 Å². The lowest BCUT2D eigenvalue weighted by Crippen LogP contribution is -2.19. The molecular weight excluding hydrogens is 879 g/mol. The van der Waals surface area contributed by atoms with Gasteiger partial charge in [0.25, 0.3) is 0 Å². The average Bonchev–Trinajstić information content (AvgIpc) is 3.92. The molecule has 0 saturated heterocycles. The zero-order valence-corrected chi connectivity index (χ0v) is 43.4. The van der Waals surface area contributed by atoms with Gasteiger partial charge in [0, 0.05) is 38.4 Å². The predicted octanol–water partition coefficient (Wildman–Crippen LogP) is 18.1. The Morgan fingerprint density at radius 1 is 0.458 bits per heavy atom. The third kappa shape index (κ3) is 8.15. The number of phenols is 1. The summed E-state index contributed by atoms with van der Waals surface area (Å²) < 4.78 is 8.74. The van der Waals surface area contributed by atoms with Gasteiger partial charge in [0.2, 0.25) is 0 Å². The highest BCUT2D eigenvalue weighted by Gasteiger charge is 2.31.